The molecule has 3 aromatic heterocycles. The van der Waals surface area contributed by atoms with Crippen molar-refractivity contribution in [2.45, 2.75) is 20.3 Å². The fraction of sp³-hybridized carbons (Fsp3) is 0.235. The monoisotopic (exact) mass is 335 g/mol. The Morgan fingerprint density at radius 2 is 2.00 bits per heavy atom. The molecule has 4 aromatic rings. The van der Waals surface area contributed by atoms with Gasteiger partial charge >= 0.3 is 0 Å². The molecule has 0 spiro atoms. The first-order valence-corrected chi connectivity index (χ1v) is 8.01. The Labute approximate surface area is 143 Å². The van der Waals surface area contributed by atoms with Crippen LogP contribution in [-0.2, 0) is 6.42 Å². The molecule has 1 aromatic carbocycles. The molecule has 0 bridgehead atoms. The average molecular weight is 335 g/mol. The summed E-state index contributed by atoms with van der Waals surface area (Å²) in [5.41, 5.74) is 4.54. The number of hydrogen-bond acceptors (Lipinski definition) is 7. The van der Waals surface area contributed by atoms with Crippen LogP contribution in [0.15, 0.2) is 41.2 Å². The van der Waals surface area contributed by atoms with E-state index >= 15 is 0 Å². The van der Waals surface area contributed by atoms with Crippen molar-refractivity contribution in [3.63, 3.8) is 0 Å². The Bertz CT molecular complexity index is 1010. The minimum Gasteiger partial charge on any atom is -0.381 e. The zero-order chi connectivity index (χ0) is 17.2. The molecule has 0 atom stereocenters. The van der Waals surface area contributed by atoms with E-state index in [2.05, 4.69) is 30.8 Å². The molecule has 4 rings (SSSR count). The third kappa shape index (κ3) is 2.93. The van der Waals surface area contributed by atoms with Gasteiger partial charge in [-0.15, -0.1) is 10.2 Å². The molecular weight excluding hydrogens is 318 g/mol. The third-order valence-corrected chi connectivity index (χ3v) is 4.07. The quantitative estimate of drug-likeness (QED) is 0.598. The molecule has 0 saturated carbocycles. The summed E-state index contributed by atoms with van der Waals surface area (Å²) in [6, 6.07) is 9.73. The topological polar surface area (TPSA) is 94.0 Å². The predicted molar refractivity (Wildman–Crippen MR) is 92.2 cm³/mol. The van der Waals surface area contributed by atoms with Gasteiger partial charge in [-0.1, -0.05) is 23.4 Å². The molecule has 8 nitrogen and oxygen atoms in total. The van der Waals surface area contributed by atoms with Crippen LogP contribution in [0.5, 0.6) is 0 Å². The highest BCUT2D eigenvalue weighted by Crippen LogP contribution is 2.21. The second kappa shape index (κ2) is 6.31. The van der Waals surface area contributed by atoms with Gasteiger partial charge in [0.05, 0.1) is 11.4 Å². The van der Waals surface area contributed by atoms with E-state index in [1.165, 1.54) is 0 Å². The first-order chi connectivity index (χ1) is 12.2. The fourth-order valence-electron chi connectivity index (χ4n) is 2.62. The lowest BCUT2D eigenvalue weighted by atomic mass is 10.2. The van der Waals surface area contributed by atoms with Crippen LogP contribution in [0.1, 0.15) is 17.1 Å². The zero-order valence-corrected chi connectivity index (χ0v) is 14.0. The van der Waals surface area contributed by atoms with Crippen molar-refractivity contribution in [3.05, 3.63) is 53.7 Å². The summed E-state index contributed by atoms with van der Waals surface area (Å²) in [5.74, 6) is 1.19. The van der Waals surface area contributed by atoms with Crippen molar-refractivity contribution in [1.29, 1.82) is 0 Å². The molecule has 0 unspecified atom stereocenters. The smallest absolute Gasteiger partial charge is 0.257 e. The minimum absolute atomic E-state index is 0.534. The molecule has 0 amide bonds. The number of nitrogens with one attached hydrogen (secondary N) is 1. The van der Waals surface area contributed by atoms with Crippen molar-refractivity contribution in [2.75, 3.05) is 11.9 Å². The molecule has 1 N–H and O–H groups in total. The summed E-state index contributed by atoms with van der Waals surface area (Å²) in [7, 11) is 0. The highest BCUT2D eigenvalue weighted by molar-refractivity contribution is 5.71. The maximum absolute atomic E-state index is 5.33. The van der Waals surface area contributed by atoms with Crippen LogP contribution in [0.2, 0.25) is 0 Å². The van der Waals surface area contributed by atoms with Gasteiger partial charge in [0.25, 0.3) is 5.89 Å². The van der Waals surface area contributed by atoms with Gasteiger partial charge in [0.1, 0.15) is 6.33 Å². The number of nitrogens with zero attached hydrogens (tertiary/aromatic N) is 6. The normalized spacial score (nSPS) is 11.1. The highest BCUT2D eigenvalue weighted by Gasteiger charge is 2.12. The Kier molecular flexibility index (Phi) is 3.85. The molecule has 0 fully saturated rings. The summed E-state index contributed by atoms with van der Waals surface area (Å²) in [5, 5.41) is 19.9. The van der Waals surface area contributed by atoms with Crippen LogP contribution in [0.3, 0.4) is 0 Å². The summed E-state index contributed by atoms with van der Waals surface area (Å²) in [4.78, 5) is 4.44. The zero-order valence-electron chi connectivity index (χ0n) is 14.0. The van der Waals surface area contributed by atoms with E-state index in [-0.39, 0.29) is 0 Å². The number of fused-ring (bicyclic) bond motifs is 1. The van der Waals surface area contributed by atoms with Crippen LogP contribution in [-0.4, -0.2) is 36.5 Å². The van der Waals surface area contributed by atoms with Crippen molar-refractivity contribution < 1.29 is 4.52 Å². The number of aryl methyl sites for hydroxylation is 1. The van der Waals surface area contributed by atoms with Gasteiger partial charge in [-0.2, -0.15) is 14.6 Å². The van der Waals surface area contributed by atoms with Gasteiger partial charge in [-0.05, 0) is 31.5 Å². The van der Waals surface area contributed by atoms with E-state index in [9.17, 15) is 0 Å². The van der Waals surface area contributed by atoms with Crippen molar-refractivity contribution in [2.24, 2.45) is 0 Å². The lowest BCUT2D eigenvalue weighted by Gasteiger charge is -2.11. The Morgan fingerprint density at radius 1 is 1.16 bits per heavy atom. The van der Waals surface area contributed by atoms with Crippen LogP contribution < -0.4 is 5.32 Å². The number of hydrogen-bond donors (Lipinski definition) is 1. The average Bonchev–Trinajstić information content (AvgIpc) is 3.28. The van der Waals surface area contributed by atoms with Crippen LogP contribution in [0.25, 0.3) is 17.1 Å². The maximum Gasteiger partial charge on any atom is 0.257 e. The fourth-order valence-corrected chi connectivity index (χ4v) is 2.62. The number of aromatic nitrogens is 6. The van der Waals surface area contributed by atoms with Crippen LogP contribution >= 0.6 is 0 Å². The van der Waals surface area contributed by atoms with Gasteiger partial charge in [0, 0.05) is 18.5 Å². The molecule has 126 valence electrons. The standard InChI is InChI=1S/C17H17N7O/c1-11-12(2)22-24-10-19-21-16(24)15(11)18-9-8-14-20-17(25-23-14)13-6-4-3-5-7-13/h3-7,10,18H,8-9H2,1-2H3. The molecule has 0 saturated heterocycles. The number of anilines is 1. The van der Waals surface area contributed by atoms with Gasteiger partial charge in [-0.25, -0.2) is 0 Å². The molecule has 0 aliphatic carbocycles. The molecule has 0 aliphatic rings. The Hall–Kier alpha value is -3.29. The molecule has 0 radical (unpaired) electrons. The lowest BCUT2D eigenvalue weighted by molar-refractivity contribution is 0.423. The summed E-state index contributed by atoms with van der Waals surface area (Å²) < 4.78 is 7.00. The maximum atomic E-state index is 5.33. The second-order valence-corrected chi connectivity index (χ2v) is 5.74. The van der Waals surface area contributed by atoms with Gasteiger partial charge in [-0.3, -0.25) is 0 Å². The first-order valence-electron chi connectivity index (χ1n) is 8.01. The van der Waals surface area contributed by atoms with Gasteiger partial charge < -0.3 is 9.84 Å². The van der Waals surface area contributed by atoms with Crippen molar-refractivity contribution in [1.82, 2.24) is 30.0 Å². The summed E-state index contributed by atoms with van der Waals surface area (Å²) in [6.07, 6.45) is 2.23. The van der Waals surface area contributed by atoms with E-state index in [4.69, 9.17) is 4.52 Å². The van der Waals surface area contributed by atoms with Crippen molar-refractivity contribution in [3.8, 4) is 11.5 Å². The lowest BCUT2D eigenvalue weighted by Crippen LogP contribution is -2.10. The van der Waals surface area contributed by atoms with Crippen LogP contribution in [0.4, 0.5) is 5.69 Å². The third-order valence-electron chi connectivity index (χ3n) is 4.07. The first kappa shape index (κ1) is 15.3. The molecule has 8 heteroatoms. The second-order valence-electron chi connectivity index (χ2n) is 5.74. The van der Waals surface area contributed by atoms with Gasteiger partial charge in [0.2, 0.25) is 5.65 Å². The van der Waals surface area contributed by atoms with Crippen LogP contribution in [0, 0.1) is 13.8 Å². The predicted octanol–water partition coefficient (Wildman–Crippen LogP) is 2.45. The SMILES string of the molecule is Cc1nn2cnnc2c(NCCc2noc(-c3ccccc3)n2)c1C. The Morgan fingerprint density at radius 3 is 2.84 bits per heavy atom. The summed E-state index contributed by atoms with van der Waals surface area (Å²) in [6.45, 7) is 4.63. The van der Waals surface area contributed by atoms with E-state index in [1.54, 1.807) is 10.8 Å². The number of rotatable bonds is 5. The largest absolute Gasteiger partial charge is 0.381 e. The molecule has 25 heavy (non-hydrogen) atoms. The van der Waals surface area contributed by atoms with E-state index in [0.717, 1.165) is 22.5 Å². The molecule has 3 heterocycles. The summed E-state index contributed by atoms with van der Waals surface area (Å²) >= 11 is 0. The highest BCUT2D eigenvalue weighted by atomic mass is 16.5. The van der Waals surface area contributed by atoms with Crippen molar-refractivity contribution >= 4 is 11.3 Å². The molecule has 0 aliphatic heterocycles. The number of benzene rings is 1. The minimum atomic E-state index is 0.534. The van der Waals surface area contributed by atoms with E-state index < -0.39 is 0 Å². The van der Waals surface area contributed by atoms with E-state index in [1.807, 2.05) is 44.2 Å². The molecular formula is C17H17N7O. The van der Waals surface area contributed by atoms with Gasteiger partial charge in [0.15, 0.2) is 5.82 Å². The Balaban J connectivity index is 1.48. The van der Waals surface area contributed by atoms with E-state index in [0.29, 0.717) is 30.3 Å².